The number of nitrogens with zero attached hydrogens (tertiary/aromatic N) is 1. The molecule has 1 amide bonds. The van der Waals surface area contributed by atoms with Gasteiger partial charge in [0.15, 0.2) is 6.61 Å². The third-order valence-corrected chi connectivity index (χ3v) is 6.19. The lowest BCUT2D eigenvalue weighted by Crippen LogP contribution is -2.34. The molecule has 1 N–H and O–H groups in total. The van der Waals surface area contributed by atoms with Gasteiger partial charge < -0.3 is 10.1 Å². The molecule has 13 heteroatoms. The normalized spacial score (nSPS) is 12.0. The largest absolute Gasteiger partial charge is 0.455 e. The maximum atomic E-state index is 12.9. The average molecular weight is 499 g/mol. The first-order chi connectivity index (χ1) is 14.3. The van der Waals surface area contributed by atoms with Gasteiger partial charge in [-0.05, 0) is 42.5 Å². The zero-order valence-corrected chi connectivity index (χ0v) is 18.1. The Morgan fingerprint density at radius 2 is 1.71 bits per heavy atom. The Hall–Kier alpha value is -2.34. The lowest BCUT2D eigenvalue weighted by Gasteiger charge is -2.16. The predicted molar refractivity (Wildman–Crippen MR) is 107 cm³/mol. The van der Waals surface area contributed by atoms with Gasteiger partial charge in [0.2, 0.25) is 10.0 Å². The van der Waals surface area contributed by atoms with Crippen LogP contribution in [-0.2, 0) is 30.5 Å². The van der Waals surface area contributed by atoms with E-state index in [0.29, 0.717) is 15.4 Å². The molecule has 2 aromatic carbocycles. The van der Waals surface area contributed by atoms with E-state index in [1.807, 2.05) is 0 Å². The molecule has 0 bridgehead atoms. The van der Waals surface area contributed by atoms with Crippen LogP contribution in [0.2, 0.25) is 10.0 Å². The van der Waals surface area contributed by atoms with Gasteiger partial charge in [0, 0.05) is 17.8 Å². The lowest BCUT2D eigenvalue weighted by atomic mass is 10.2. The van der Waals surface area contributed by atoms with E-state index >= 15 is 0 Å². The fourth-order valence-electron chi connectivity index (χ4n) is 2.26. The summed E-state index contributed by atoms with van der Waals surface area (Å²) < 4.78 is 68.7. The second kappa shape index (κ2) is 9.86. The Morgan fingerprint density at radius 3 is 2.29 bits per heavy atom. The molecule has 0 aliphatic carbocycles. The average Bonchev–Trinajstić information content (AvgIpc) is 2.67. The van der Waals surface area contributed by atoms with Crippen LogP contribution in [0.15, 0.2) is 47.4 Å². The Kier molecular flexibility index (Phi) is 7.93. The van der Waals surface area contributed by atoms with Crippen LogP contribution in [0.25, 0.3) is 0 Å². The van der Waals surface area contributed by atoms with Gasteiger partial charge in [-0.3, -0.25) is 9.59 Å². The second-order valence-corrected chi connectivity index (χ2v) is 9.00. The van der Waals surface area contributed by atoms with Crippen LogP contribution in [0.5, 0.6) is 0 Å². The number of esters is 1. The first-order valence-electron chi connectivity index (χ1n) is 8.35. The maximum Gasteiger partial charge on any atom is 0.417 e. The van der Waals surface area contributed by atoms with Crippen molar-refractivity contribution in [2.75, 3.05) is 25.5 Å². The molecule has 2 rings (SSSR count). The van der Waals surface area contributed by atoms with Crippen molar-refractivity contribution >= 4 is 50.8 Å². The Labute approximate surface area is 185 Å². The van der Waals surface area contributed by atoms with Crippen molar-refractivity contribution in [3.63, 3.8) is 0 Å². The third kappa shape index (κ3) is 6.82. The fraction of sp³-hybridized carbons (Fsp3) is 0.222. The van der Waals surface area contributed by atoms with Crippen molar-refractivity contribution in [3.05, 3.63) is 58.1 Å². The molecule has 0 aromatic heterocycles. The molecular formula is C18H15Cl2F3N2O5S. The summed E-state index contributed by atoms with van der Waals surface area (Å²) in [5.41, 5.74) is -1.35. The highest BCUT2D eigenvalue weighted by Crippen LogP contribution is 2.36. The van der Waals surface area contributed by atoms with Gasteiger partial charge in [0.25, 0.3) is 5.91 Å². The molecule has 31 heavy (non-hydrogen) atoms. The highest BCUT2D eigenvalue weighted by molar-refractivity contribution is 7.89. The molecule has 0 heterocycles. The molecule has 0 aliphatic rings. The minimum atomic E-state index is -4.72. The zero-order valence-electron chi connectivity index (χ0n) is 15.7. The first-order valence-corrected chi connectivity index (χ1v) is 10.5. The summed E-state index contributed by atoms with van der Waals surface area (Å²) in [7, 11) is -2.87. The van der Waals surface area contributed by atoms with E-state index in [9.17, 15) is 31.2 Å². The summed E-state index contributed by atoms with van der Waals surface area (Å²) in [5, 5.41) is 1.92. The first kappa shape index (κ1) is 24.9. The van der Waals surface area contributed by atoms with Crippen LogP contribution in [0.4, 0.5) is 18.9 Å². The van der Waals surface area contributed by atoms with E-state index in [2.05, 4.69) is 5.32 Å². The molecule has 0 saturated heterocycles. The number of likely N-dealkylation sites (N-methyl/N-ethyl adjacent to an activating group) is 1. The zero-order chi connectivity index (χ0) is 23.4. The summed E-state index contributed by atoms with van der Waals surface area (Å²) in [6, 6.07) is 7.99. The standard InChI is InChI=1S/C18H15Cl2F3N2O5S/c1-25(31(28,29)13-5-2-11(19)3-6-13)9-17(27)30-10-16(26)24-12-4-7-15(20)14(8-12)18(21,22)23/h2-8H,9-10H2,1H3,(H,24,26). The number of sulfonamides is 1. The number of carbonyl (C=O) groups is 2. The number of ether oxygens (including phenoxy) is 1. The van der Waals surface area contributed by atoms with Crippen LogP contribution in [0, 0.1) is 0 Å². The van der Waals surface area contributed by atoms with E-state index in [-0.39, 0.29) is 10.6 Å². The number of amides is 1. The minimum absolute atomic E-state index is 0.104. The monoisotopic (exact) mass is 498 g/mol. The fourth-order valence-corrected chi connectivity index (χ4v) is 3.73. The van der Waals surface area contributed by atoms with Crippen LogP contribution >= 0.6 is 23.2 Å². The molecule has 0 radical (unpaired) electrons. The van der Waals surface area contributed by atoms with Crippen molar-refractivity contribution in [3.8, 4) is 0 Å². The van der Waals surface area contributed by atoms with Gasteiger partial charge >= 0.3 is 12.1 Å². The van der Waals surface area contributed by atoms with Gasteiger partial charge in [0.05, 0.1) is 15.5 Å². The smallest absolute Gasteiger partial charge is 0.417 e. The summed E-state index contributed by atoms with van der Waals surface area (Å²) in [6.07, 6.45) is -4.72. The number of hydrogen-bond acceptors (Lipinski definition) is 5. The molecular weight excluding hydrogens is 484 g/mol. The van der Waals surface area contributed by atoms with Crippen LogP contribution in [0.1, 0.15) is 5.56 Å². The molecule has 0 aliphatic heterocycles. The van der Waals surface area contributed by atoms with Gasteiger partial charge in [-0.1, -0.05) is 23.2 Å². The number of halogens is 5. The van der Waals surface area contributed by atoms with Crippen molar-refractivity contribution in [2.45, 2.75) is 11.1 Å². The number of benzene rings is 2. The number of anilines is 1. The molecule has 0 unspecified atom stereocenters. The molecule has 0 fully saturated rings. The molecule has 2 aromatic rings. The summed E-state index contributed by atoms with van der Waals surface area (Å²) >= 11 is 11.2. The summed E-state index contributed by atoms with van der Waals surface area (Å²) in [6.45, 7) is -1.53. The van der Waals surface area contributed by atoms with E-state index in [1.165, 1.54) is 24.3 Å². The van der Waals surface area contributed by atoms with Crippen LogP contribution < -0.4 is 5.32 Å². The number of hydrogen-bond donors (Lipinski definition) is 1. The van der Waals surface area contributed by atoms with Crippen LogP contribution in [0.3, 0.4) is 0 Å². The van der Waals surface area contributed by atoms with Crippen molar-refractivity contribution in [2.24, 2.45) is 0 Å². The quantitative estimate of drug-likeness (QED) is 0.585. The SMILES string of the molecule is CN(CC(=O)OCC(=O)Nc1ccc(Cl)c(C(F)(F)F)c1)S(=O)(=O)c1ccc(Cl)cc1. The van der Waals surface area contributed by atoms with E-state index in [4.69, 9.17) is 27.9 Å². The highest BCUT2D eigenvalue weighted by Gasteiger charge is 2.33. The van der Waals surface area contributed by atoms with Crippen molar-refractivity contribution < 1.29 is 35.9 Å². The molecule has 168 valence electrons. The highest BCUT2D eigenvalue weighted by atomic mass is 35.5. The van der Waals surface area contributed by atoms with E-state index in [1.54, 1.807) is 0 Å². The van der Waals surface area contributed by atoms with Crippen LogP contribution in [-0.4, -0.2) is 44.8 Å². The number of carbonyl (C=O) groups excluding carboxylic acids is 2. The Balaban J connectivity index is 1.92. The molecule has 0 saturated carbocycles. The number of nitrogens with one attached hydrogen (secondary N) is 1. The van der Waals surface area contributed by atoms with Gasteiger partial charge in [0.1, 0.15) is 6.54 Å². The Morgan fingerprint density at radius 1 is 1.10 bits per heavy atom. The third-order valence-electron chi connectivity index (χ3n) is 3.79. The van der Waals surface area contributed by atoms with E-state index in [0.717, 1.165) is 19.2 Å². The van der Waals surface area contributed by atoms with Gasteiger partial charge in [-0.25, -0.2) is 8.42 Å². The lowest BCUT2D eigenvalue weighted by molar-refractivity contribution is -0.147. The second-order valence-electron chi connectivity index (χ2n) is 6.12. The molecule has 7 nitrogen and oxygen atoms in total. The molecule has 0 atom stereocenters. The van der Waals surface area contributed by atoms with Crippen molar-refractivity contribution in [1.29, 1.82) is 0 Å². The maximum absolute atomic E-state index is 12.9. The van der Waals surface area contributed by atoms with Gasteiger partial charge in [-0.15, -0.1) is 0 Å². The summed E-state index contributed by atoms with van der Waals surface area (Å²) in [5.74, 6) is -1.96. The molecule has 0 spiro atoms. The minimum Gasteiger partial charge on any atom is -0.455 e. The number of rotatable bonds is 7. The summed E-state index contributed by atoms with van der Waals surface area (Å²) in [4.78, 5) is 23.6. The van der Waals surface area contributed by atoms with Gasteiger partial charge in [-0.2, -0.15) is 17.5 Å². The predicted octanol–water partition coefficient (Wildman–Crippen LogP) is 3.81. The van der Waals surface area contributed by atoms with E-state index < -0.39 is 51.8 Å². The Bertz CT molecular complexity index is 1080. The topological polar surface area (TPSA) is 92.8 Å². The number of alkyl halides is 3. The van der Waals surface area contributed by atoms with Crippen molar-refractivity contribution in [1.82, 2.24) is 4.31 Å².